The molecule has 4 rings (SSSR count). The van der Waals surface area contributed by atoms with Gasteiger partial charge in [0, 0.05) is 24.5 Å². The third-order valence-electron chi connectivity index (χ3n) is 4.84. The zero-order valence-electron chi connectivity index (χ0n) is 16.0. The summed E-state index contributed by atoms with van der Waals surface area (Å²) >= 11 is 0. The topological polar surface area (TPSA) is 45.1 Å². The lowest BCUT2D eigenvalue weighted by Crippen LogP contribution is -2.32. The maximum absolute atomic E-state index is 13.8. The van der Waals surface area contributed by atoms with Gasteiger partial charge in [0.1, 0.15) is 17.4 Å². The number of rotatable bonds is 4. The van der Waals surface area contributed by atoms with Crippen LogP contribution in [0.25, 0.3) is 0 Å². The van der Waals surface area contributed by atoms with Crippen molar-refractivity contribution in [2.24, 2.45) is 4.99 Å². The Hall–Kier alpha value is -3.43. The number of carbonyl (C=O) groups excluding carboxylic acids is 1. The molecule has 2 aliphatic heterocycles. The summed E-state index contributed by atoms with van der Waals surface area (Å²) in [5.41, 5.74) is 1.39. The van der Waals surface area contributed by atoms with Gasteiger partial charge in [-0.15, -0.1) is 0 Å². The average Bonchev–Trinajstić information content (AvgIpc) is 2.90. The van der Waals surface area contributed by atoms with E-state index >= 15 is 0 Å². The van der Waals surface area contributed by atoms with Crippen LogP contribution in [0, 0.1) is 11.6 Å². The fourth-order valence-corrected chi connectivity index (χ4v) is 3.47. The maximum Gasteiger partial charge on any atom is 0.422 e. The number of nitrogens with zero attached hydrogens (tertiary/aromatic N) is 3. The van der Waals surface area contributed by atoms with Crippen LogP contribution in [0.5, 0.6) is 5.75 Å². The van der Waals surface area contributed by atoms with Crippen LogP contribution < -0.4 is 14.5 Å². The molecule has 1 amide bonds. The highest BCUT2D eigenvalue weighted by Crippen LogP contribution is 2.37. The highest BCUT2D eigenvalue weighted by Gasteiger charge is 2.36. The van der Waals surface area contributed by atoms with Crippen molar-refractivity contribution in [3.63, 3.8) is 0 Å². The molecule has 2 aliphatic rings. The number of hydrogen-bond acceptors (Lipinski definition) is 4. The van der Waals surface area contributed by atoms with Crippen LogP contribution in [0.4, 0.5) is 33.3 Å². The van der Waals surface area contributed by atoms with Gasteiger partial charge in [-0.1, -0.05) is 0 Å². The molecule has 0 radical (unpaired) electrons. The van der Waals surface area contributed by atoms with Gasteiger partial charge in [0.25, 0.3) is 5.91 Å². The summed E-state index contributed by atoms with van der Waals surface area (Å²) in [5, 5.41) is 0. The maximum atomic E-state index is 13.8. The van der Waals surface area contributed by atoms with Gasteiger partial charge in [0.2, 0.25) is 0 Å². The van der Waals surface area contributed by atoms with E-state index in [2.05, 4.69) is 4.99 Å². The van der Waals surface area contributed by atoms with Gasteiger partial charge >= 0.3 is 6.18 Å². The van der Waals surface area contributed by atoms with Crippen molar-refractivity contribution in [2.45, 2.75) is 6.18 Å². The van der Waals surface area contributed by atoms with Gasteiger partial charge in [-0.25, -0.2) is 8.78 Å². The Morgan fingerprint density at radius 3 is 2.42 bits per heavy atom. The van der Waals surface area contributed by atoms with E-state index < -0.39 is 24.4 Å². The Labute approximate surface area is 174 Å². The SMILES string of the molecule is O=C1C2=C(CN1c1ccc(F)cc1)N(c1ccc(F)cc1OCC(F)(F)F)CCN=C2. The molecule has 0 atom stereocenters. The highest BCUT2D eigenvalue weighted by molar-refractivity contribution is 6.22. The molecule has 0 spiro atoms. The van der Waals surface area contributed by atoms with Crippen LogP contribution in [0.3, 0.4) is 0 Å². The molecule has 0 bridgehead atoms. The van der Waals surface area contributed by atoms with Gasteiger partial charge in [0.05, 0.1) is 30.0 Å². The van der Waals surface area contributed by atoms with E-state index in [-0.39, 0.29) is 42.6 Å². The van der Waals surface area contributed by atoms with E-state index in [9.17, 15) is 26.7 Å². The van der Waals surface area contributed by atoms with Crippen molar-refractivity contribution < 1.29 is 31.5 Å². The van der Waals surface area contributed by atoms with Gasteiger partial charge in [-0.3, -0.25) is 9.79 Å². The Kier molecular flexibility index (Phi) is 5.38. The summed E-state index contributed by atoms with van der Waals surface area (Å²) in [6.45, 7) is -0.983. The number of hydrogen-bond donors (Lipinski definition) is 0. The summed E-state index contributed by atoms with van der Waals surface area (Å²) in [7, 11) is 0. The molecule has 5 nitrogen and oxygen atoms in total. The number of anilines is 2. The first-order valence-corrected chi connectivity index (χ1v) is 9.30. The molecule has 0 unspecified atom stereocenters. The quantitative estimate of drug-likeness (QED) is 0.677. The van der Waals surface area contributed by atoms with Gasteiger partial charge in [0.15, 0.2) is 6.61 Å². The molecule has 0 saturated heterocycles. The fourth-order valence-electron chi connectivity index (χ4n) is 3.47. The highest BCUT2D eigenvalue weighted by atomic mass is 19.4. The largest absolute Gasteiger partial charge is 0.482 e. The number of aliphatic imine (C=N–C) groups is 1. The fraction of sp³-hybridized carbons (Fsp3) is 0.238. The Morgan fingerprint density at radius 1 is 1.00 bits per heavy atom. The van der Waals surface area contributed by atoms with E-state index in [4.69, 9.17) is 4.74 Å². The molecule has 0 fully saturated rings. The summed E-state index contributed by atoms with van der Waals surface area (Å²) in [5.74, 6) is -1.88. The smallest absolute Gasteiger partial charge is 0.422 e. The Morgan fingerprint density at radius 2 is 1.71 bits per heavy atom. The van der Waals surface area contributed by atoms with Crippen LogP contribution in [0.1, 0.15) is 0 Å². The van der Waals surface area contributed by atoms with E-state index in [1.54, 1.807) is 4.90 Å². The second-order valence-corrected chi connectivity index (χ2v) is 6.93. The molecule has 31 heavy (non-hydrogen) atoms. The van der Waals surface area contributed by atoms with Gasteiger partial charge in [-0.2, -0.15) is 13.2 Å². The number of halogens is 5. The first kappa shape index (κ1) is 20.8. The van der Waals surface area contributed by atoms with Crippen LogP contribution in [-0.4, -0.2) is 44.5 Å². The van der Waals surface area contributed by atoms with Crippen molar-refractivity contribution in [2.75, 3.05) is 36.0 Å². The zero-order chi connectivity index (χ0) is 22.2. The summed E-state index contributed by atoms with van der Waals surface area (Å²) < 4.78 is 69.9. The van der Waals surface area contributed by atoms with Crippen LogP contribution >= 0.6 is 0 Å². The number of ether oxygens (including phenoxy) is 1. The number of amides is 1. The molecule has 2 aromatic rings. The number of carbonyl (C=O) groups is 1. The Bertz CT molecular complexity index is 1060. The minimum atomic E-state index is -4.60. The molecular formula is C21H16F5N3O2. The lowest BCUT2D eigenvalue weighted by atomic mass is 10.2. The van der Waals surface area contributed by atoms with Gasteiger partial charge < -0.3 is 14.5 Å². The molecule has 0 N–H and O–H groups in total. The van der Waals surface area contributed by atoms with Crippen molar-refractivity contribution in [1.82, 2.24) is 0 Å². The molecule has 10 heteroatoms. The van der Waals surface area contributed by atoms with Crippen molar-refractivity contribution in [3.8, 4) is 5.75 Å². The van der Waals surface area contributed by atoms with Crippen LogP contribution in [-0.2, 0) is 4.79 Å². The molecular weight excluding hydrogens is 421 g/mol. The van der Waals surface area contributed by atoms with E-state index in [0.29, 0.717) is 11.4 Å². The van der Waals surface area contributed by atoms with Crippen molar-refractivity contribution in [1.29, 1.82) is 0 Å². The first-order valence-electron chi connectivity index (χ1n) is 9.30. The predicted molar refractivity (Wildman–Crippen MR) is 104 cm³/mol. The predicted octanol–water partition coefficient (Wildman–Crippen LogP) is 4.10. The minimum Gasteiger partial charge on any atom is -0.482 e. The lowest BCUT2D eigenvalue weighted by molar-refractivity contribution is -0.153. The second kappa shape index (κ2) is 8.01. The average molecular weight is 437 g/mol. The number of alkyl halides is 3. The van der Waals surface area contributed by atoms with Crippen molar-refractivity contribution >= 4 is 23.5 Å². The zero-order valence-corrected chi connectivity index (χ0v) is 16.0. The Balaban J connectivity index is 1.70. The normalized spacial score (nSPS) is 16.6. The van der Waals surface area contributed by atoms with Crippen molar-refractivity contribution in [3.05, 3.63) is 65.4 Å². The second-order valence-electron chi connectivity index (χ2n) is 6.93. The molecule has 162 valence electrons. The van der Waals surface area contributed by atoms with E-state index in [1.165, 1.54) is 41.4 Å². The molecule has 2 aromatic carbocycles. The number of benzene rings is 2. The summed E-state index contributed by atoms with van der Waals surface area (Å²) in [4.78, 5) is 20.2. The van der Waals surface area contributed by atoms with E-state index in [1.807, 2.05) is 0 Å². The standard InChI is InChI=1S/C21H16F5N3O2/c22-13-1-4-15(5-2-13)29-11-18-16(20(29)30)10-27-7-8-28(18)17-6-3-14(23)9-19(17)31-12-21(24,25)26/h1-6,9-10H,7-8,11-12H2. The first-order chi connectivity index (χ1) is 14.7. The third-order valence-corrected chi connectivity index (χ3v) is 4.84. The van der Waals surface area contributed by atoms with Gasteiger partial charge in [-0.05, 0) is 36.4 Å². The molecule has 0 saturated carbocycles. The monoisotopic (exact) mass is 437 g/mol. The molecule has 0 aliphatic carbocycles. The van der Waals surface area contributed by atoms with E-state index in [0.717, 1.165) is 12.1 Å². The minimum absolute atomic E-state index is 0.0852. The summed E-state index contributed by atoms with van der Waals surface area (Å²) in [6.07, 6.45) is -3.18. The summed E-state index contributed by atoms with van der Waals surface area (Å²) in [6, 6.07) is 8.65. The lowest BCUT2D eigenvalue weighted by Gasteiger charge is -2.28. The van der Waals surface area contributed by atoms with Crippen LogP contribution in [0.2, 0.25) is 0 Å². The van der Waals surface area contributed by atoms with Crippen LogP contribution in [0.15, 0.2) is 58.7 Å². The molecule has 0 aromatic heterocycles. The molecule has 2 heterocycles. The third kappa shape index (κ3) is 4.37.